The van der Waals surface area contributed by atoms with Crippen molar-refractivity contribution >= 4 is 50.2 Å². The predicted octanol–water partition coefficient (Wildman–Crippen LogP) is 4.72. The molecule has 0 aliphatic rings. The lowest BCUT2D eigenvalue weighted by Gasteiger charge is -2.11. The molecule has 11 heteroatoms. The number of nitrogens with zero attached hydrogens (tertiary/aromatic N) is 3. The van der Waals surface area contributed by atoms with E-state index >= 15 is 0 Å². The van der Waals surface area contributed by atoms with Gasteiger partial charge in [0, 0.05) is 31.5 Å². The third kappa shape index (κ3) is 4.61. The number of fused-ring (bicyclic) bond motifs is 1. The van der Waals surface area contributed by atoms with Crippen LogP contribution in [0.5, 0.6) is 23.0 Å². The molecule has 1 N–H and O–H groups in total. The average molecular weight is 471 g/mol. The van der Waals surface area contributed by atoms with E-state index in [9.17, 15) is 9.59 Å². The molecular weight excluding hydrogens is 456 g/mol. The number of amides is 1. The van der Waals surface area contributed by atoms with Gasteiger partial charge in [-0.3, -0.25) is 14.9 Å². The number of halogens is 1. The first-order valence-corrected chi connectivity index (χ1v) is 10.4. The Morgan fingerprint density at radius 3 is 2.69 bits per heavy atom. The van der Waals surface area contributed by atoms with Crippen molar-refractivity contribution in [2.75, 3.05) is 12.4 Å². The number of anilines is 1. The van der Waals surface area contributed by atoms with E-state index in [1.54, 1.807) is 36.5 Å². The second-order valence-corrected chi connectivity index (χ2v) is 7.67. The third-order valence-corrected chi connectivity index (χ3v) is 5.30. The van der Waals surface area contributed by atoms with E-state index in [0.29, 0.717) is 22.1 Å². The van der Waals surface area contributed by atoms with Gasteiger partial charge in [0.1, 0.15) is 5.75 Å². The first-order valence-electron chi connectivity index (χ1n) is 9.16. The van der Waals surface area contributed by atoms with E-state index in [4.69, 9.17) is 25.8 Å². The molecule has 0 saturated heterocycles. The Morgan fingerprint density at radius 1 is 1.09 bits per heavy atom. The van der Waals surface area contributed by atoms with Crippen molar-refractivity contribution in [2.24, 2.45) is 0 Å². The highest BCUT2D eigenvalue weighted by molar-refractivity contribution is 7.22. The summed E-state index contributed by atoms with van der Waals surface area (Å²) in [5, 5.41) is 3.26. The van der Waals surface area contributed by atoms with E-state index in [-0.39, 0.29) is 22.3 Å². The monoisotopic (exact) mass is 470 g/mol. The number of pyridine rings is 2. The SMILES string of the molecule is COc1ccnc(C(=O)Nc2nc3ccc(Oc4cccnc4Cl)cc3s2)c1OC(C)=O. The minimum atomic E-state index is -0.605. The second kappa shape index (κ2) is 9.16. The lowest BCUT2D eigenvalue weighted by molar-refractivity contribution is -0.132. The molecule has 1 aromatic carbocycles. The van der Waals surface area contributed by atoms with Gasteiger partial charge in [0.25, 0.3) is 5.91 Å². The first-order chi connectivity index (χ1) is 15.4. The van der Waals surface area contributed by atoms with Crippen LogP contribution in [0.15, 0.2) is 48.8 Å². The largest absolute Gasteiger partial charge is 0.493 e. The van der Waals surface area contributed by atoms with Gasteiger partial charge in [-0.05, 0) is 24.3 Å². The molecule has 9 nitrogen and oxygen atoms in total. The lowest BCUT2D eigenvalue weighted by Crippen LogP contribution is -2.17. The Balaban J connectivity index is 1.58. The topological polar surface area (TPSA) is 113 Å². The molecule has 0 atom stereocenters. The summed E-state index contributed by atoms with van der Waals surface area (Å²) in [6, 6.07) is 10.2. The van der Waals surface area contributed by atoms with Gasteiger partial charge in [0.15, 0.2) is 27.5 Å². The zero-order valence-corrected chi connectivity index (χ0v) is 18.4. The molecule has 4 rings (SSSR count). The van der Waals surface area contributed by atoms with Crippen molar-refractivity contribution in [2.45, 2.75) is 6.92 Å². The standard InChI is InChI=1S/C21H15ClN4O5S/c1-11(27)30-18-14(29-2)7-9-23-17(18)20(28)26-21-25-13-6-5-12(10-16(13)32-21)31-15-4-3-8-24-19(15)22/h3-10H,1-2H3,(H,25,26,28). The van der Waals surface area contributed by atoms with Crippen LogP contribution in [-0.4, -0.2) is 33.9 Å². The Kier molecular flexibility index (Phi) is 6.15. The summed E-state index contributed by atoms with van der Waals surface area (Å²) < 4.78 is 16.9. The molecule has 0 unspecified atom stereocenters. The fourth-order valence-electron chi connectivity index (χ4n) is 2.75. The summed E-state index contributed by atoms with van der Waals surface area (Å²) in [6.07, 6.45) is 2.95. The molecule has 0 aliphatic carbocycles. The maximum Gasteiger partial charge on any atom is 0.308 e. The zero-order chi connectivity index (χ0) is 22.7. The van der Waals surface area contributed by atoms with Crippen molar-refractivity contribution in [3.63, 3.8) is 0 Å². The molecule has 0 radical (unpaired) electrons. The van der Waals surface area contributed by atoms with Crippen molar-refractivity contribution in [1.29, 1.82) is 0 Å². The van der Waals surface area contributed by atoms with Crippen LogP contribution in [0.2, 0.25) is 5.15 Å². The summed E-state index contributed by atoms with van der Waals surface area (Å²) in [5.74, 6) is -0.0933. The van der Waals surface area contributed by atoms with Gasteiger partial charge in [-0.2, -0.15) is 0 Å². The van der Waals surface area contributed by atoms with Crippen LogP contribution >= 0.6 is 22.9 Å². The number of ether oxygens (including phenoxy) is 3. The first kappa shape index (κ1) is 21.5. The normalized spacial score (nSPS) is 10.6. The molecule has 0 aliphatic heterocycles. The summed E-state index contributed by atoms with van der Waals surface area (Å²) in [5.41, 5.74) is 0.558. The number of carbonyl (C=O) groups is 2. The number of esters is 1. The van der Waals surface area contributed by atoms with Crippen LogP contribution < -0.4 is 19.5 Å². The Morgan fingerprint density at radius 2 is 1.94 bits per heavy atom. The summed E-state index contributed by atoms with van der Waals surface area (Å²) in [4.78, 5) is 36.7. The smallest absolute Gasteiger partial charge is 0.308 e. The van der Waals surface area contributed by atoms with Gasteiger partial charge in [-0.25, -0.2) is 15.0 Å². The Labute approximate surface area is 191 Å². The molecule has 1 amide bonds. The summed E-state index contributed by atoms with van der Waals surface area (Å²) >= 11 is 7.28. The fourth-order valence-corrected chi connectivity index (χ4v) is 3.80. The Bertz CT molecular complexity index is 1330. The number of hydrogen-bond donors (Lipinski definition) is 1. The van der Waals surface area contributed by atoms with Crippen molar-refractivity contribution in [3.05, 3.63) is 59.6 Å². The highest BCUT2D eigenvalue weighted by atomic mass is 35.5. The number of aromatic nitrogens is 3. The van der Waals surface area contributed by atoms with Crippen molar-refractivity contribution < 1.29 is 23.8 Å². The molecule has 32 heavy (non-hydrogen) atoms. The van der Waals surface area contributed by atoms with Crippen LogP contribution in [0.25, 0.3) is 10.2 Å². The van der Waals surface area contributed by atoms with Crippen LogP contribution in [0.4, 0.5) is 5.13 Å². The number of thiazole rings is 1. The van der Waals surface area contributed by atoms with Gasteiger partial charge >= 0.3 is 5.97 Å². The minimum Gasteiger partial charge on any atom is -0.493 e. The van der Waals surface area contributed by atoms with Crippen molar-refractivity contribution in [1.82, 2.24) is 15.0 Å². The maximum absolute atomic E-state index is 12.8. The van der Waals surface area contributed by atoms with Gasteiger partial charge in [-0.15, -0.1) is 0 Å². The van der Waals surface area contributed by atoms with Crippen LogP contribution in [0.3, 0.4) is 0 Å². The average Bonchev–Trinajstić information content (AvgIpc) is 3.16. The zero-order valence-electron chi connectivity index (χ0n) is 16.8. The fraction of sp³-hybridized carbons (Fsp3) is 0.0952. The number of methoxy groups -OCH3 is 1. The number of carbonyl (C=O) groups excluding carboxylic acids is 2. The predicted molar refractivity (Wildman–Crippen MR) is 119 cm³/mol. The Hall–Kier alpha value is -3.76. The number of rotatable bonds is 6. The molecule has 3 aromatic heterocycles. The molecule has 0 saturated carbocycles. The highest BCUT2D eigenvalue weighted by Gasteiger charge is 2.22. The van der Waals surface area contributed by atoms with Gasteiger partial charge in [0.05, 0.1) is 17.3 Å². The van der Waals surface area contributed by atoms with E-state index < -0.39 is 11.9 Å². The summed E-state index contributed by atoms with van der Waals surface area (Å²) in [7, 11) is 1.40. The van der Waals surface area contributed by atoms with Crippen LogP contribution in [0, 0.1) is 0 Å². The summed E-state index contributed by atoms with van der Waals surface area (Å²) in [6.45, 7) is 1.22. The van der Waals surface area contributed by atoms with E-state index in [0.717, 1.165) is 4.70 Å². The van der Waals surface area contributed by atoms with Gasteiger partial charge in [-0.1, -0.05) is 22.9 Å². The second-order valence-electron chi connectivity index (χ2n) is 6.28. The molecule has 3 heterocycles. The molecule has 162 valence electrons. The molecule has 4 aromatic rings. The number of hydrogen-bond acceptors (Lipinski definition) is 9. The van der Waals surface area contributed by atoms with E-state index in [1.807, 2.05) is 0 Å². The number of benzene rings is 1. The minimum absolute atomic E-state index is 0.0647. The van der Waals surface area contributed by atoms with Gasteiger partial charge < -0.3 is 14.2 Å². The van der Waals surface area contributed by atoms with Crippen LogP contribution in [-0.2, 0) is 4.79 Å². The lowest BCUT2D eigenvalue weighted by atomic mass is 10.3. The van der Waals surface area contributed by atoms with Crippen molar-refractivity contribution in [3.8, 4) is 23.0 Å². The third-order valence-electron chi connectivity index (χ3n) is 4.08. The maximum atomic E-state index is 12.8. The molecule has 0 spiro atoms. The number of nitrogens with one attached hydrogen (secondary N) is 1. The van der Waals surface area contributed by atoms with E-state index in [2.05, 4.69) is 20.3 Å². The highest BCUT2D eigenvalue weighted by Crippen LogP contribution is 2.34. The quantitative estimate of drug-likeness (QED) is 0.318. The molecular formula is C21H15ClN4O5S. The van der Waals surface area contributed by atoms with Gasteiger partial charge in [0.2, 0.25) is 5.75 Å². The molecule has 0 fully saturated rings. The molecule has 0 bridgehead atoms. The van der Waals surface area contributed by atoms with Crippen LogP contribution in [0.1, 0.15) is 17.4 Å². The van der Waals surface area contributed by atoms with E-state index in [1.165, 1.54) is 37.6 Å².